The molecule has 2 fully saturated rings. The van der Waals surface area contributed by atoms with Gasteiger partial charge in [-0.05, 0) is 31.5 Å². The molecular formula is C15H19NO4S. The summed E-state index contributed by atoms with van der Waals surface area (Å²) in [6.45, 7) is 4.42. The van der Waals surface area contributed by atoms with Crippen LogP contribution in [-0.2, 0) is 24.8 Å². The number of rotatable bonds is 3. The van der Waals surface area contributed by atoms with Crippen LogP contribution in [-0.4, -0.2) is 40.5 Å². The number of fused-ring (bicyclic) bond motifs is 1. The molecule has 2 unspecified atom stereocenters. The van der Waals surface area contributed by atoms with Gasteiger partial charge in [0, 0.05) is 12.3 Å². The number of amides is 1. The Hall–Kier alpha value is -1.24. The number of carbonyl (C=O) groups excluding carboxylic acids is 1. The van der Waals surface area contributed by atoms with Crippen LogP contribution >= 0.6 is 0 Å². The number of hydrogen-bond donors (Lipinski definition) is 0. The van der Waals surface area contributed by atoms with Gasteiger partial charge in [0.1, 0.15) is 5.72 Å². The van der Waals surface area contributed by atoms with Crippen LogP contribution in [0.3, 0.4) is 0 Å². The molecule has 0 saturated carbocycles. The van der Waals surface area contributed by atoms with E-state index in [0.717, 1.165) is 5.56 Å². The molecule has 2 aliphatic rings. The van der Waals surface area contributed by atoms with Crippen molar-refractivity contribution in [2.75, 3.05) is 13.7 Å². The molecule has 0 radical (unpaired) electrons. The number of nitrogens with zero attached hydrogens (tertiary/aromatic N) is 1. The Balaban J connectivity index is 1.85. The molecule has 3 atom stereocenters. The number of benzene rings is 1. The minimum absolute atomic E-state index is 0.0891. The van der Waals surface area contributed by atoms with E-state index < -0.39 is 16.8 Å². The molecule has 114 valence electrons. The average Bonchev–Trinajstić information content (AvgIpc) is 2.97. The first kappa shape index (κ1) is 14.7. The van der Waals surface area contributed by atoms with Gasteiger partial charge in [-0.25, -0.2) is 4.21 Å². The first-order valence-electron chi connectivity index (χ1n) is 6.96. The highest BCUT2D eigenvalue weighted by Gasteiger charge is 2.52. The van der Waals surface area contributed by atoms with Crippen molar-refractivity contribution in [2.24, 2.45) is 0 Å². The van der Waals surface area contributed by atoms with Gasteiger partial charge in [-0.2, -0.15) is 0 Å². The second kappa shape index (κ2) is 5.19. The van der Waals surface area contributed by atoms with Gasteiger partial charge >= 0.3 is 0 Å². The van der Waals surface area contributed by atoms with Gasteiger partial charge in [0.05, 0.1) is 24.7 Å². The molecule has 1 aromatic carbocycles. The third-order valence-corrected chi connectivity index (χ3v) is 5.26. The maximum atomic E-state index is 12.3. The highest BCUT2D eigenvalue weighted by atomic mass is 32.2. The fourth-order valence-electron chi connectivity index (χ4n) is 3.30. The lowest BCUT2D eigenvalue weighted by Crippen LogP contribution is -2.43. The maximum absolute atomic E-state index is 12.3. The van der Waals surface area contributed by atoms with Gasteiger partial charge in [0.2, 0.25) is 5.91 Å². The fourth-order valence-corrected chi connectivity index (χ4v) is 3.85. The highest BCUT2D eigenvalue weighted by Crippen LogP contribution is 2.43. The fraction of sp³-hybridized carbons (Fsp3) is 0.533. The predicted octanol–water partition coefficient (Wildman–Crippen LogP) is 1.81. The van der Waals surface area contributed by atoms with Gasteiger partial charge in [0.15, 0.2) is 11.1 Å². The monoisotopic (exact) mass is 309 g/mol. The van der Waals surface area contributed by atoms with Crippen LogP contribution in [0.4, 0.5) is 0 Å². The molecule has 6 heteroatoms. The summed E-state index contributed by atoms with van der Waals surface area (Å²) in [6, 6.07) is 7.54. The number of carbonyl (C=O) groups is 1. The summed E-state index contributed by atoms with van der Waals surface area (Å²) in [7, 11) is 1.41. The first-order valence-corrected chi connectivity index (χ1v) is 8.04. The minimum Gasteiger partial charge on any atom is -0.354 e. The lowest BCUT2D eigenvalue weighted by atomic mass is 9.92. The van der Waals surface area contributed by atoms with Crippen molar-refractivity contribution in [3.8, 4) is 0 Å². The lowest BCUT2D eigenvalue weighted by Gasteiger charge is -2.29. The van der Waals surface area contributed by atoms with E-state index in [9.17, 15) is 9.00 Å². The lowest BCUT2D eigenvalue weighted by molar-refractivity contribution is -0.141. The Morgan fingerprint density at radius 1 is 1.33 bits per heavy atom. The second-order valence-electron chi connectivity index (χ2n) is 5.87. The van der Waals surface area contributed by atoms with Crippen LogP contribution in [0.5, 0.6) is 0 Å². The summed E-state index contributed by atoms with van der Waals surface area (Å²) in [4.78, 5) is 14.7. The number of ether oxygens (including phenoxy) is 1. The zero-order valence-corrected chi connectivity index (χ0v) is 13.2. The molecule has 1 aromatic rings. The van der Waals surface area contributed by atoms with Crippen LogP contribution in [0.2, 0.25) is 0 Å². The maximum Gasteiger partial charge on any atom is 0.225 e. The van der Waals surface area contributed by atoms with Crippen molar-refractivity contribution in [1.29, 1.82) is 0 Å². The molecule has 0 N–H and O–H groups in total. The van der Waals surface area contributed by atoms with Crippen molar-refractivity contribution in [3.05, 3.63) is 29.8 Å². The normalized spacial score (nSPS) is 28.7. The Bertz CT molecular complexity index is 584. The van der Waals surface area contributed by atoms with Gasteiger partial charge in [-0.15, -0.1) is 0 Å². The molecule has 2 aliphatic heterocycles. The van der Waals surface area contributed by atoms with Crippen LogP contribution < -0.4 is 0 Å². The van der Waals surface area contributed by atoms with Crippen molar-refractivity contribution in [3.63, 3.8) is 0 Å². The quantitative estimate of drug-likeness (QED) is 0.854. The Morgan fingerprint density at radius 3 is 2.62 bits per heavy atom. The van der Waals surface area contributed by atoms with Crippen LogP contribution in [0, 0.1) is 0 Å². The van der Waals surface area contributed by atoms with E-state index in [1.165, 1.54) is 7.11 Å². The first-order chi connectivity index (χ1) is 9.94. The van der Waals surface area contributed by atoms with Crippen LogP contribution in [0.25, 0.3) is 0 Å². The second-order valence-corrected chi connectivity index (χ2v) is 7.14. The molecule has 2 heterocycles. The SMILES string of the molecule is COS(=O)c1ccc(C2CC(=O)N3[C@@H]2COC3(C)C)cc1. The molecule has 5 nitrogen and oxygen atoms in total. The molecule has 2 saturated heterocycles. The summed E-state index contributed by atoms with van der Waals surface area (Å²) < 4.78 is 22.1. The topological polar surface area (TPSA) is 55.8 Å². The van der Waals surface area contributed by atoms with E-state index in [1.807, 2.05) is 30.9 Å². The number of hydrogen-bond acceptors (Lipinski definition) is 4. The third-order valence-electron chi connectivity index (χ3n) is 4.30. The zero-order chi connectivity index (χ0) is 15.2. The molecule has 1 amide bonds. The van der Waals surface area contributed by atoms with Crippen molar-refractivity contribution in [2.45, 2.75) is 42.8 Å². The van der Waals surface area contributed by atoms with Crippen molar-refractivity contribution in [1.82, 2.24) is 4.90 Å². The Morgan fingerprint density at radius 2 is 2.00 bits per heavy atom. The molecule has 0 spiro atoms. The summed E-state index contributed by atoms with van der Waals surface area (Å²) in [5, 5.41) is 0. The van der Waals surface area contributed by atoms with Gasteiger partial charge in [-0.3, -0.25) is 8.98 Å². The van der Waals surface area contributed by atoms with Crippen molar-refractivity contribution >= 4 is 17.0 Å². The summed E-state index contributed by atoms with van der Waals surface area (Å²) in [6.07, 6.45) is 0.504. The van der Waals surface area contributed by atoms with E-state index in [1.54, 1.807) is 12.1 Å². The smallest absolute Gasteiger partial charge is 0.225 e. The molecule has 3 rings (SSSR count). The minimum atomic E-state index is -1.43. The highest BCUT2D eigenvalue weighted by molar-refractivity contribution is 7.80. The standard InChI is InChI=1S/C15H19NO4S/c1-15(2)16-13(9-20-15)12(8-14(16)17)10-4-6-11(7-5-10)21(18)19-3/h4-7,12-13H,8-9H2,1-3H3/t12?,13-,21?/m1/s1. The summed E-state index contributed by atoms with van der Waals surface area (Å²) in [5.74, 6) is 0.265. The Labute approximate surface area is 126 Å². The van der Waals surface area contributed by atoms with E-state index in [-0.39, 0.29) is 17.9 Å². The van der Waals surface area contributed by atoms with E-state index in [0.29, 0.717) is 17.9 Å². The van der Waals surface area contributed by atoms with Crippen LogP contribution in [0.1, 0.15) is 31.7 Å². The molecule has 0 bridgehead atoms. The van der Waals surface area contributed by atoms with Crippen LogP contribution in [0.15, 0.2) is 29.2 Å². The summed E-state index contributed by atoms with van der Waals surface area (Å²) in [5.41, 5.74) is 0.558. The van der Waals surface area contributed by atoms with Crippen molar-refractivity contribution < 1.29 is 17.9 Å². The summed E-state index contributed by atoms with van der Waals surface area (Å²) >= 11 is -1.43. The Kier molecular flexibility index (Phi) is 3.63. The van der Waals surface area contributed by atoms with Gasteiger partial charge < -0.3 is 9.64 Å². The largest absolute Gasteiger partial charge is 0.354 e. The molecule has 0 aliphatic carbocycles. The molecule has 21 heavy (non-hydrogen) atoms. The predicted molar refractivity (Wildman–Crippen MR) is 77.9 cm³/mol. The van der Waals surface area contributed by atoms with E-state index >= 15 is 0 Å². The average molecular weight is 309 g/mol. The third kappa shape index (κ3) is 2.41. The van der Waals surface area contributed by atoms with Gasteiger partial charge in [0.25, 0.3) is 0 Å². The molecule has 0 aromatic heterocycles. The molecular weight excluding hydrogens is 290 g/mol. The van der Waals surface area contributed by atoms with Gasteiger partial charge in [-0.1, -0.05) is 12.1 Å². The van der Waals surface area contributed by atoms with E-state index in [4.69, 9.17) is 8.92 Å². The zero-order valence-electron chi connectivity index (χ0n) is 12.4. The van der Waals surface area contributed by atoms with E-state index in [2.05, 4.69) is 0 Å².